The molecule has 2 rings (SSSR count). The molecule has 106 valence electrons. The summed E-state index contributed by atoms with van der Waals surface area (Å²) in [5.41, 5.74) is 1.86. The van der Waals surface area contributed by atoms with Gasteiger partial charge in [-0.3, -0.25) is 0 Å². The minimum Gasteiger partial charge on any atom is -0.486 e. The van der Waals surface area contributed by atoms with E-state index in [9.17, 15) is 4.39 Å². The fraction of sp³-hybridized carbons (Fsp3) is 0.250. The second-order valence-corrected chi connectivity index (χ2v) is 4.90. The van der Waals surface area contributed by atoms with Gasteiger partial charge < -0.3 is 10.1 Å². The van der Waals surface area contributed by atoms with Gasteiger partial charge in [0.1, 0.15) is 6.61 Å². The Morgan fingerprint density at radius 3 is 2.45 bits per heavy atom. The molecule has 2 aromatic carbocycles. The number of benzene rings is 2. The van der Waals surface area contributed by atoms with Gasteiger partial charge in [-0.25, -0.2) is 4.39 Å². The molecule has 2 nitrogen and oxygen atoms in total. The highest BCUT2D eigenvalue weighted by atomic mass is 35.5. The average Bonchev–Trinajstić information content (AvgIpc) is 2.46. The van der Waals surface area contributed by atoms with Crippen LogP contribution < -0.4 is 10.1 Å². The lowest BCUT2D eigenvalue weighted by molar-refractivity contribution is 0.290. The Hall–Kier alpha value is -1.58. The molecule has 20 heavy (non-hydrogen) atoms. The first kappa shape index (κ1) is 14.8. The summed E-state index contributed by atoms with van der Waals surface area (Å²) in [6.45, 7) is 3.85. The van der Waals surface area contributed by atoms with E-state index in [1.807, 2.05) is 25.1 Å². The summed E-state index contributed by atoms with van der Waals surface area (Å²) in [5, 5.41) is 3.83. The van der Waals surface area contributed by atoms with Crippen LogP contribution in [0.2, 0.25) is 5.02 Å². The maximum Gasteiger partial charge on any atom is 0.165 e. The van der Waals surface area contributed by atoms with Crippen LogP contribution in [0.25, 0.3) is 0 Å². The first-order valence-electron chi connectivity index (χ1n) is 6.55. The van der Waals surface area contributed by atoms with Gasteiger partial charge in [-0.15, -0.1) is 0 Å². The largest absolute Gasteiger partial charge is 0.486 e. The zero-order valence-electron chi connectivity index (χ0n) is 11.3. The van der Waals surface area contributed by atoms with Gasteiger partial charge in [-0.1, -0.05) is 36.7 Å². The first-order chi connectivity index (χ1) is 9.69. The summed E-state index contributed by atoms with van der Waals surface area (Å²) in [6, 6.07) is 12.3. The van der Waals surface area contributed by atoms with Crippen molar-refractivity contribution in [1.82, 2.24) is 5.32 Å². The molecule has 0 bridgehead atoms. The Morgan fingerprint density at radius 2 is 1.80 bits per heavy atom. The van der Waals surface area contributed by atoms with E-state index >= 15 is 0 Å². The van der Waals surface area contributed by atoms with Crippen LogP contribution in [0.5, 0.6) is 5.75 Å². The van der Waals surface area contributed by atoms with E-state index in [-0.39, 0.29) is 11.6 Å². The third kappa shape index (κ3) is 4.22. The third-order valence-corrected chi connectivity index (χ3v) is 3.13. The van der Waals surface area contributed by atoms with Crippen LogP contribution in [0.4, 0.5) is 4.39 Å². The van der Waals surface area contributed by atoms with E-state index < -0.39 is 0 Å². The van der Waals surface area contributed by atoms with Gasteiger partial charge in [0.25, 0.3) is 0 Å². The molecule has 4 heteroatoms. The standard InChI is InChI=1S/C16H17ClFNO/c1-2-19-10-13-5-8-16(15(18)9-13)20-11-12-3-6-14(17)7-4-12/h3-9,19H,2,10-11H2,1H3. The fourth-order valence-corrected chi connectivity index (χ4v) is 1.91. The van der Waals surface area contributed by atoms with E-state index in [4.69, 9.17) is 16.3 Å². The number of rotatable bonds is 6. The van der Waals surface area contributed by atoms with E-state index in [0.29, 0.717) is 18.2 Å². The Morgan fingerprint density at radius 1 is 1.10 bits per heavy atom. The molecule has 2 aromatic rings. The molecule has 0 atom stereocenters. The van der Waals surface area contributed by atoms with Gasteiger partial charge in [-0.05, 0) is 41.9 Å². The van der Waals surface area contributed by atoms with Crippen molar-refractivity contribution < 1.29 is 9.13 Å². The lowest BCUT2D eigenvalue weighted by atomic mass is 10.2. The second-order valence-electron chi connectivity index (χ2n) is 4.46. The van der Waals surface area contributed by atoms with Crippen molar-refractivity contribution in [2.75, 3.05) is 6.54 Å². The van der Waals surface area contributed by atoms with Crippen molar-refractivity contribution in [3.8, 4) is 5.75 Å². The molecular formula is C16H17ClFNO. The fourth-order valence-electron chi connectivity index (χ4n) is 1.78. The number of ether oxygens (including phenoxy) is 1. The van der Waals surface area contributed by atoms with Crippen molar-refractivity contribution in [3.05, 3.63) is 64.4 Å². The van der Waals surface area contributed by atoms with Gasteiger partial charge in [0.2, 0.25) is 0 Å². The highest BCUT2D eigenvalue weighted by molar-refractivity contribution is 6.30. The van der Waals surface area contributed by atoms with Crippen LogP contribution >= 0.6 is 11.6 Å². The summed E-state index contributed by atoms with van der Waals surface area (Å²) in [6.07, 6.45) is 0. The molecule has 0 fully saturated rings. The van der Waals surface area contributed by atoms with Gasteiger partial charge in [0.15, 0.2) is 11.6 Å². The zero-order valence-corrected chi connectivity index (χ0v) is 12.1. The maximum atomic E-state index is 13.9. The lowest BCUT2D eigenvalue weighted by Crippen LogP contribution is -2.11. The van der Waals surface area contributed by atoms with Crippen LogP contribution in [0.3, 0.4) is 0 Å². The van der Waals surface area contributed by atoms with E-state index in [1.54, 1.807) is 18.2 Å². The van der Waals surface area contributed by atoms with E-state index in [2.05, 4.69) is 5.32 Å². The predicted molar refractivity (Wildman–Crippen MR) is 79.6 cm³/mol. The highest BCUT2D eigenvalue weighted by Gasteiger charge is 2.05. The Kier molecular flexibility index (Phi) is 5.39. The second kappa shape index (κ2) is 7.27. The molecule has 0 heterocycles. The molecule has 0 amide bonds. The molecule has 1 N–H and O–H groups in total. The molecule has 0 aliphatic heterocycles. The van der Waals surface area contributed by atoms with Gasteiger partial charge in [0, 0.05) is 11.6 Å². The number of hydrogen-bond donors (Lipinski definition) is 1. The highest BCUT2D eigenvalue weighted by Crippen LogP contribution is 2.20. The monoisotopic (exact) mass is 293 g/mol. The molecule has 0 unspecified atom stereocenters. The quantitative estimate of drug-likeness (QED) is 0.863. The Balaban J connectivity index is 1.97. The average molecular weight is 294 g/mol. The Bertz CT molecular complexity index is 557. The molecule has 0 aliphatic rings. The molecule has 0 saturated carbocycles. The van der Waals surface area contributed by atoms with Gasteiger partial charge in [0.05, 0.1) is 0 Å². The van der Waals surface area contributed by atoms with Crippen molar-refractivity contribution in [2.45, 2.75) is 20.1 Å². The molecule has 0 spiro atoms. The summed E-state index contributed by atoms with van der Waals surface area (Å²) < 4.78 is 19.4. The van der Waals surface area contributed by atoms with Gasteiger partial charge >= 0.3 is 0 Å². The van der Waals surface area contributed by atoms with Crippen LogP contribution in [0.15, 0.2) is 42.5 Å². The first-order valence-corrected chi connectivity index (χ1v) is 6.93. The Labute approximate surface area is 123 Å². The number of hydrogen-bond acceptors (Lipinski definition) is 2. The zero-order chi connectivity index (χ0) is 14.4. The van der Waals surface area contributed by atoms with Crippen molar-refractivity contribution >= 4 is 11.6 Å². The van der Waals surface area contributed by atoms with E-state index in [0.717, 1.165) is 17.7 Å². The SMILES string of the molecule is CCNCc1ccc(OCc2ccc(Cl)cc2)c(F)c1. The topological polar surface area (TPSA) is 21.3 Å². The van der Waals surface area contributed by atoms with Crippen molar-refractivity contribution in [2.24, 2.45) is 0 Å². The third-order valence-electron chi connectivity index (χ3n) is 2.88. The molecule has 0 radical (unpaired) electrons. The summed E-state index contributed by atoms with van der Waals surface area (Å²) in [7, 11) is 0. The number of nitrogens with one attached hydrogen (secondary N) is 1. The van der Waals surface area contributed by atoms with Crippen molar-refractivity contribution in [3.63, 3.8) is 0 Å². The van der Waals surface area contributed by atoms with Crippen molar-refractivity contribution in [1.29, 1.82) is 0 Å². The molecular weight excluding hydrogens is 277 g/mol. The summed E-state index contributed by atoms with van der Waals surface area (Å²) in [4.78, 5) is 0. The molecule has 0 aliphatic carbocycles. The minimum absolute atomic E-state index is 0.264. The van der Waals surface area contributed by atoms with Gasteiger partial charge in [-0.2, -0.15) is 0 Å². The van der Waals surface area contributed by atoms with Crippen LogP contribution in [0, 0.1) is 5.82 Å². The smallest absolute Gasteiger partial charge is 0.165 e. The van der Waals surface area contributed by atoms with Crippen LogP contribution in [-0.4, -0.2) is 6.54 Å². The van der Waals surface area contributed by atoms with E-state index in [1.165, 1.54) is 6.07 Å². The summed E-state index contributed by atoms with van der Waals surface area (Å²) >= 11 is 5.81. The molecule has 0 aromatic heterocycles. The normalized spacial score (nSPS) is 10.6. The maximum absolute atomic E-state index is 13.9. The lowest BCUT2D eigenvalue weighted by Gasteiger charge is -2.09. The summed E-state index contributed by atoms with van der Waals surface area (Å²) in [5.74, 6) is -0.0745. The predicted octanol–water partition coefficient (Wildman–Crippen LogP) is 4.17. The van der Waals surface area contributed by atoms with Crippen LogP contribution in [0.1, 0.15) is 18.1 Å². The number of halogens is 2. The minimum atomic E-state index is -0.339. The van der Waals surface area contributed by atoms with Crippen LogP contribution in [-0.2, 0) is 13.2 Å². The molecule has 0 saturated heterocycles.